The molecular formula is C21H23N3O2S2. The first-order valence-electron chi connectivity index (χ1n) is 9.20. The summed E-state index contributed by atoms with van der Waals surface area (Å²) in [4.78, 5) is 32.7. The standard InChI is InChI=1S/C21H23N3O2S2/c1-4-13-24-20(26)18-16(12-14-27-18)22-21(24)28-17(15-10-8-7-9-11-15)19(25)23(5-2)6-3/h4,7-12,14,17H,1,5-6,13H2,2-3H3. The highest BCUT2D eigenvalue weighted by atomic mass is 32.2. The van der Waals surface area contributed by atoms with Crippen molar-refractivity contribution in [3.05, 3.63) is 70.4 Å². The molecule has 2 heterocycles. The van der Waals surface area contributed by atoms with Crippen molar-refractivity contribution in [3.63, 3.8) is 0 Å². The number of allylic oxidation sites excluding steroid dienone is 1. The number of benzene rings is 1. The van der Waals surface area contributed by atoms with Gasteiger partial charge in [-0.25, -0.2) is 4.98 Å². The number of nitrogens with zero attached hydrogens (tertiary/aromatic N) is 3. The normalized spacial score (nSPS) is 12.1. The SMILES string of the molecule is C=CCn1c(SC(C(=O)N(CC)CC)c2ccccc2)nc2ccsc2c1=O. The molecule has 28 heavy (non-hydrogen) atoms. The maximum absolute atomic E-state index is 13.2. The van der Waals surface area contributed by atoms with E-state index < -0.39 is 5.25 Å². The Morgan fingerprint density at radius 1 is 1.29 bits per heavy atom. The third-order valence-electron chi connectivity index (χ3n) is 4.47. The second-order valence-electron chi connectivity index (χ2n) is 6.15. The van der Waals surface area contributed by atoms with Crippen molar-refractivity contribution >= 4 is 39.2 Å². The molecule has 0 bridgehead atoms. The van der Waals surface area contributed by atoms with Gasteiger partial charge in [0, 0.05) is 19.6 Å². The van der Waals surface area contributed by atoms with E-state index in [0.29, 0.717) is 35.0 Å². The molecule has 0 saturated heterocycles. The zero-order valence-electron chi connectivity index (χ0n) is 16.0. The van der Waals surface area contributed by atoms with Crippen molar-refractivity contribution < 1.29 is 4.79 Å². The quantitative estimate of drug-likeness (QED) is 0.313. The van der Waals surface area contributed by atoms with Gasteiger partial charge in [0.05, 0.1) is 5.52 Å². The molecule has 0 N–H and O–H groups in total. The van der Waals surface area contributed by atoms with Crippen molar-refractivity contribution in [1.82, 2.24) is 14.5 Å². The minimum absolute atomic E-state index is 0.0195. The van der Waals surface area contributed by atoms with Crippen LogP contribution < -0.4 is 5.56 Å². The summed E-state index contributed by atoms with van der Waals surface area (Å²) in [5, 5.41) is 1.92. The van der Waals surface area contributed by atoms with E-state index in [2.05, 4.69) is 6.58 Å². The number of thiophene rings is 1. The van der Waals surface area contributed by atoms with Gasteiger partial charge in [-0.3, -0.25) is 14.2 Å². The number of thioether (sulfide) groups is 1. The zero-order valence-corrected chi connectivity index (χ0v) is 17.6. The first-order valence-corrected chi connectivity index (χ1v) is 11.0. The Labute approximate surface area is 172 Å². The average molecular weight is 414 g/mol. The molecular weight excluding hydrogens is 390 g/mol. The first kappa shape index (κ1) is 20.4. The lowest BCUT2D eigenvalue weighted by molar-refractivity contribution is -0.130. The third kappa shape index (κ3) is 4.05. The van der Waals surface area contributed by atoms with Gasteiger partial charge in [0.2, 0.25) is 5.91 Å². The Morgan fingerprint density at radius 2 is 2.00 bits per heavy atom. The summed E-state index contributed by atoms with van der Waals surface area (Å²) in [5.41, 5.74) is 1.47. The van der Waals surface area contributed by atoms with E-state index in [1.807, 2.05) is 60.5 Å². The van der Waals surface area contributed by atoms with Gasteiger partial charge in [0.15, 0.2) is 5.16 Å². The Balaban J connectivity index is 2.10. The van der Waals surface area contributed by atoms with Gasteiger partial charge >= 0.3 is 0 Å². The number of fused-ring (bicyclic) bond motifs is 1. The number of hydrogen-bond donors (Lipinski definition) is 0. The van der Waals surface area contributed by atoms with Crippen molar-refractivity contribution in [2.75, 3.05) is 13.1 Å². The number of carbonyl (C=O) groups excluding carboxylic acids is 1. The number of aromatic nitrogens is 2. The molecule has 0 fully saturated rings. The van der Waals surface area contributed by atoms with Gasteiger partial charge in [-0.05, 0) is 30.9 Å². The lowest BCUT2D eigenvalue weighted by Crippen LogP contribution is -2.34. The van der Waals surface area contributed by atoms with Gasteiger partial charge in [0.1, 0.15) is 9.95 Å². The molecule has 1 aromatic carbocycles. The molecule has 3 aromatic rings. The minimum atomic E-state index is -0.472. The lowest BCUT2D eigenvalue weighted by Gasteiger charge is -2.25. The van der Waals surface area contributed by atoms with Gasteiger partial charge in [-0.15, -0.1) is 17.9 Å². The average Bonchev–Trinajstić information content (AvgIpc) is 3.19. The highest BCUT2D eigenvalue weighted by Crippen LogP contribution is 2.36. The van der Waals surface area contributed by atoms with E-state index in [9.17, 15) is 9.59 Å². The molecule has 0 spiro atoms. The Kier molecular flexibility index (Phi) is 6.70. The second-order valence-corrected chi connectivity index (χ2v) is 8.14. The van der Waals surface area contributed by atoms with E-state index in [4.69, 9.17) is 4.98 Å². The van der Waals surface area contributed by atoms with Crippen LogP contribution in [0, 0.1) is 0 Å². The van der Waals surface area contributed by atoms with Crippen molar-refractivity contribution in [1.29, 1.82) is 0 Å². The van der Waals surface area contributed by atoms with Crippen molar-refractivity contribution in [2.24, 2.45) is 0 Å². The summed E-state index contributed by atoms with van der Waals surface area (Å²) >= 11 is 2.71. The molecule has 1 atom stereocenters. The predicted octanol–water partition coefficient (Wildman–Crippen LogP) is 4.35. The maximum atomic E-state index is 13.2. The van der Waals surface area contributed by atoms with Crippen LogP contribution in [0.15, 0.2) is 64.4 Å². The molecule has 0 radical (unpaired) electrons. The smallest absolute Gasteiger partial charge is 0.272 e. The molecule has 1 unspecified atom stereocenters. The van der Waals surface area contributed by atoms with Crippen LogP contribution in [0.25, 0.3) is 10.2 Å². The summed E-state index contributed by atoms with van der Waals surface area (Å²) in [6.45, 7) is 9.32. The molecule has 146 valence electrons. The fourth-order valence-electron chi connectivity index (χ4n) is 3.00. The molecule has 1 amide bonds. The molecule has 0 saturated carbocycles. The van der Waals surface area contributed by atoms with E-state index in [1.165, 1.54) is 23.1 Å². The van der Waals surface area contributed by atoms with Gasteiger partial charge in [-0.2, -0.15) is 0 Å². The summed E-state index contributed by atoms with van der Waals surface area (Å²) in [6, 6.07) is 11.5. The van der Waals surface area contributed by atoms with Crippen LogP contribution in [0.4, 0.5) is 0 Å². The molecule has 0 aliphatic rings. The number of likely N-dealkylation sites (N-methyl/N-ethyl adjacent to an activating group) is 1. The monoisotopic (exact) mass is 413 g/mol. The summed E-state index contributed by atoms with van der Waals surface area (Å²) in [7, 11) is 0. The second kappa shape index (κ2) is 9.21. The van der Waals surface area contributed by atoms with Crippen LogP contribution >= 0.6 is 23.1 Å². The lowest BCUT2D eigenvalue weighted by atomic mass is 10.1. The Bertz CT molecular complexity index is 1020. The molecule has 3 rings (SSSR count). The van der Waals surface area contributed by atoms with Crippen LogP contribution in [-0.4, -0.2) is 33.4 Å². The Morgan fingerprint density at radius 3 is 2.64 bits per heavy atom. The van der Waals surface area contributed by atoms with Crippen molar-refractivity contribution in [2.45, 2.75) is 30.8 Å². The van der Waals surface area contributed by atoms with E-state index in [-0.39, 0.29) is 11.5 Å². The van der Waals surface area contributed by atoms with E-state index >= 15 is 0 Å². The highest BCUT2D eigenvalue weighted by Gasteiger charge is 2.28. The summed E-state index contributed by atoms with van der Waals surface area (Å²) < 4.78 is 2.22. The molecule has 0 aliphatic heterocycles. The number of carbonyl (C=O) groups is 1. The molecule has 0 aliphatic carbocycles. The number of amides is 1. The summed E-state index contributed by atoms with van der Waals surface area (Å²) in [6.07, 6.45) is 1.68. The van der Waals surface area contributed by atoms with E-state index in [0.717, 1.165) is 5.56 Å². The van der Waals surface area contributed by atoms with Crippen LogP contribution in [0.2, 0.25) is 0 Å². The zero-order chi connectivity index (χ0) is 20.1. The summed E-state index contributed by atoms with van der Waals surface area (Å²) in [5.74, 6) is 0.0195. The largest absolute Gasteiger partial charge is 0.342 e. The number of rotatable bonds is 8. The number of hydrogen-bond acceptors (Lipinski definition) is 5. The van der Waals surface area contributed by atoms with Crippen LogP contribution in [0.1, 0.15) is 24.7 Å². The minimum Gasteiger partial charge on any atom is -0.342 e. The molecule has 5 nitrogen and oxygen atoms in total. The van der Waals surface area contributed by atoms with Crippen LogP contribution in [0.3, 0.4) is 0 Å². The maximum Gasteiger partial charge on any atom is 0.272 e. The Hall–Kier alpha value is -2.38. The van der Waals surface area contributed by atoms with Crippen molar-refractivity contribution in [3.8, 4) is 0 Å². The van der Waals surface area contributed by atoms with Crippen LogP contribution in [-0.2, 0) is 11.3 Å². The predicted molar refractivity (Wildman–Crippen MR) is 117 cm³/mol. The highest BCUT2D eigenvalue weighted by molar-refractivity contribution is 8.00. The van der Waals surface area contributed by atoms with Gasteiger partial charge < -0.3 is 4.90 Å². The molecule has 2 aromatic heterocycles. The van der Waals surface area contributed by atoms with Crippen LogP contribution in [0.5, 0.6) is 0 Å². The topological polar surface area (TPSA) is 55.2 Å². The van der Waals surface area contributed by atoms with Gasteiger partial charge in [0.25, 0.3) is 5.56 Å². The first-order chi connectivity index (χ1) is 13.6. The van der Waals surface area contributed by atoms with E-state index in [1.54, 1.807) is 10.6 Å². The third-order valence-corrected chi connectivity index (χ3v) is 6.59. The fourth-order valence-corrected chi connectivity index (χ4v) is 4.97. The van der Waals surface area contributed by atoms with Gasteiger partial charge in [-0.1, -0.05) is 48.2 Å². The fraction of sp³-hybridized carbons (Fsp3) is 0.286. The molecule has 7 heteroatoms.